The summed E-state index contributed by atoms with van der Waals surface area (Å²) in [7, 11) is -3.74. The number of hydrogen-bond donors (Lipinski definition) is 1. The van der Waals surface area contributed by atoms with Crippen LogP contribution in [0, 0.1) is 34.8 Å². The molecule has 3 saturated heterocycles. The second-order valence-electron chi connectivity index (χ2n) is 9.71. The molecule has 3 atom stereocenters. The lowest BCUT2D eigenvalue weighted by Gasteiger charge is -2.41. The fraction of sp³-hybridized carbons (Fsp3) is 0.625. The molecule has 2 amide bonds. The number of nitrogens with one attached hydrogen (secondary N) is 1. The average Bonchev–Trinajstić information content (AvgIpc) is 3.30. The van der Waals surface area contributed by atoms with Gasteiger partial charge in [0.2, 0.25) is 11.8 Å². The van der Waals surface area contributed by atoms with E-state index in [2.05, 4.69) is 11.4 Å². The van der Waals surface area contributed by atoms with Gasteiger partial charge in [0.1, 0.15) is 17.7 Å². The van der Waals surface area contributed by atoms with Gasteiger partial charge in [-0.15, -0.1) is 0 Å². The monoisotopic (exact) mass is 523 g/mol. The van der Waals surface area contributed by atoms with Gasteiger partial charge >= 0.3 is 0 Å². The number of piperidine rings is 1. The van der Waals surface area contributed by atoms with Crippen LogP contribution in [-0.4, -0.2) is 72.5 Å². The highest BCUT2D eigenvalue weighted by Gasteiger charge is 2.44. The number of likely N-dealkylation sites (tertiary alicyclic amines) is 1. The summed E-state index contributed by atoms with van der Waals surface area (Å²) in [6.45, 7) is 2.86. The number of rotatable bonds is 7. The highest BCUT2D eigenvalue weighted by atomic mass is 32.2. The molecule has 9 nitrogen and oxygen atoms in total. The Morgan fingerprint density at radius 3 is 2.39 bits per heavy atom. The molecular formula is C24H31F2N5O4S. The molecule has 36 heavy (non-hydrogen) atoms. The van der Waals surface area contributed by atoms with E-state index in [4.69, 9.17) is 5.26 Å². The van der Waals surface area contributed by atoms with E-state index in [1.54, 1.807) is 6.92 Å². The van der Waals surface area contributed by atoms with Crippen LogP contribution in [0.15, 0.2) is 18.2 Å². The number of halogens is 2. The van der Waals surface area contributed by atoms with E-state index < -0.39 is 39.8 Å². The number of carbonyl (C=O) groups is 2. The van der Waals surface area contributed by atoms with Gasteiger partial charge in [-0.3, -0.25) is 9.59 Å². The third-order valence-corrected chi connectivity index (χ3v) is 9.20. The maximum atomic E-state index is 13.7. The standard InChI is InChI=1S/C24H31F2N5O4S/c1-2-21(18-9-19(25)11-20(26)10-18)28-23(32)22-6-4-8-31(22)24(33)17-5-3-7-29(15-17)36(34,35)30-13-16(12-27)14-30/h9-11,16-17,21-22H,2-8,13-15H2,1H3,(H,28,32)/t17-,21-,22+/m0/s1. The predicted octanol–water partition coefficient (Wildman–Crippen LogP) is 1.94. The molecule has 1 aromatic carbocycles. The summed E-state index contributed by atoms with van der Waals surface area (Å²) < 4.78 is 55.8. The number of amides is 2. The van der Waals surface area contributed by atoms with Crippen molar-refractivity contribution in [2.75, 3.05) is 32.7 Å². The van der Waals surface area contributed by atoms with Gasteiger partial charge in [-0.2, -0.15) is 22.3 Å². The molecular weight excluding hydrogens is 492 g/mol. The molecule has 1 aromatic rings. The van der Waals surface area contributed by atoms with Crippen molar-refractivity contribution >= 4 is 22.0 Å². The maximum Gasteiger partial charge on any atom is 0.282 e. The molecule has 0 aliphatic carbocycles. The Kier molecular flexibility index (Phi) is 7.92. The molecule has 3 fully saturated rings. The fourth-order valence-electron chi connectivity index (χ4n) is 5.23. The molecule has 196 valence electrons. The Morgan fingerprint density at radius 1 is 1.08 bits per heavy atom. The first-order chi connectivity index (χ1) is 17.1. The van der Waals surface area contributed by atoms with E-state index >= 15 is 0 Å². The largest absolute Gasteiger partial charge is 0.348 e. The molecule has 3 heterocycles. The van der Waals surface area contributed by atoms with Gasteiger partial charge in [0.05, 0.1) is 23.9 Å². The van der Waals surface area contributed by atoms with Gasteiger partial charge in [0.25, 0.3) is 10.2 Å². The summed E-state index contributed by atoms with van der Waals surface area (Å²) >= 11 is 0. The average molecular weight is 524 g/mol. The molecule has 12 heteroatoms. The molecule has 0 saturated carbocycles. The minimum Gasteiger partial charge on any atom is -0.348 e. The van der Waals surface area contributed by atoms with Crippen molar-refractivity contribution in [3.8, 4) is 6.07 Å². The van der Waals surface area contributed by atoms with E-state index in [9.17, 15) is 26.8 Å². The Morgan fingerprint density at radius 2 is 1.75 bits per heavy atom. The summed E-state index contributed by atoms with van der Waals surface area (Å²) in [5, 5.41) is 11.8. The van der Waals surface area contributed by atoms with E-state index in [0.29, 0.717) is 50.8 Å². The molecule has 4 rings (SSSR count). The van der Waals surface area contributed by atoms with Crippen LogP contribution >= 0.6 is 0 Å². The Labute approximate surface area is 210 Å². The minimum absolute atomic E-state index is 0.0415. The number of nitrogens with zero attached hydrogens (tertiary/aromatic N) is 4. The smallest absolute Gasteiger partial charge is 0.282 e. The molecule has 0 radical (unpaired) electrons. The zero-order valence-electron chi connectivity index (χ0n) is 20.2. The SMILES string of the molecule is CC[C@H](NC(=O)[C@H]1CCCN1C(=O)[C@H]1CCCN(S(=O)(=O)N2CC(C#N)C2)C1)c1cc(F)cc(F)c1. The van der Waals surface area contributed by atoms with Crippen LogP contribution in [0.1, 0.15) is 50.6 Å². The van der Waals surface area contributed by atoms with Gasteiger partial charge in [-0.1, -0.05) is 6.92 Å². The van der Waals surface area contributed by atoms with Crippen LogP contribution < -0.4 is 5.32 Å². The van der Waals surface area contributed by atoms with Crippen LogP contribution in [0.3, 0.4) is 0 Å². The predicted molar refractivity (Wildman–Crippen MR) is 126 cm³/mol. The highest BCUT2D eigenvalue weighted by Crippen LogP contribution is 2.29. The second-order valence-corrected chi connectivity index (χ2v) is 11.6. The van der Waals surface area contributed by atoms with Crippen molar-refractivity contribution in [1.82, 2.24) is 18.8 Å². The van der Waals surface area contributed by atoms with Crippen molar-refractivity contribution in [1.29, 1.82) is 5.26 Å². The lowest BCUT2D eigenvalue weighted by Crippen LogP contribution is -2.57. The van der Waals surface area contributed by atoms with E-state index in [-0.39, 0.29) is 37.4 Å². The Balaban J connectivity index is 1.41. The fourth-order valence-corrected chi connectivity index (χ4v) is 7.02. The first kappa shape index (κ1) is 26.4. The number of benzene rings is 1. The zero-order valence-corrected chi connectivity index (χ0v) is 21.0. The summed E-state index contributed by atoms with van der Waals surface area (Å²) in [6, 6.07) is 3.87. The summed E-state index contributed by atoms with van der Waals surface area (Å²) in [5.74, 6) is -2.96. The van der Waals surface area contributed by atoms with Crippen molar-refractivity contribution in [2.45, 2.75) is 51.1 Å². The lowest BCUT2D eigenvalue weighted by atomic mass is 9.97. The van der Waals surface area contributed by atoms with Gasteiger partial charge in [0, 0.05) is 38.8 Å². The Hall–Kier alpha value is -2.62. The van der Waals surface area contributed by atoms with Crippen molar-refractivity contribution < 1.29 is 26.8 Å². The molecule has 3 aliphatic heterocycles. The van der Waals surface area contributed by atoms with E-state index in [1.807, 2.05) is 0 Å². The van der Waals surface area contributed by atoms with Crippen molar-refractivity contribution in [3.63, 3.8) is 0 Å². The highest BCUT2D eigenvalue weighted by molar-refractivity contribution is 7.86. The summed E-state index contributed by atoms with van der Waals surface area (Å²) in [5.41, 5.74) is 0.317. The number of hydrogen-bond acceptors (Lipinski definition) is 5. The normalized spacial score (nSPS) is 24.7. The molecule has 3 aliphatic rings. The molecule has 1 N–H and O–H groups in total. The van der Waals surface area contributed by atoms with E-state index in [1.165, 1.54) is 25.6 Å². The first-order valence-electron chi connectivity index (χ1n) is 12.4. The second kappa shape index (κ2) is 10.8. The van der Waals surface area contributed by atoms with E-state index in [0.717, 1.165) is 6.07 Å². The molecule has 0 spiro atoms. The van der Waals surface area contributed by atoms with Gasteiger partial charge < -0.3 is 10.2 Å². The maximum absolute atomic E-state index is 13.7. The zero-order chi connectivity index (χ0) is 26.0. The van der Waals surface area contributed by atoms with Gasteiger partial charge in [0.15, 0.2) is 0 Å². The lowest BCUT2D eigenvalue weighted by molar-refractivity contribution is -0.142. The third kappa shape index (κ3) is 5.38. The third-order valence-electron chi connectivity index (χ3n) is 7.27. The number of carbonyl (C=O) groups excluding carboxylic acids is 2. The van der Waals surface area contributed by atoms with Gasteiger partial charge in [-0.25, -0.2) is 8.78 Å². The van der Waals surface area contributed by atoms with Crippen LogP contribution in [0.5, 0.6) is 0 Å². The first-order valence-corrected chi connectivity index (χ1v) is 13.8. The molecule has 0 unspecified atom stereocenters. The number of nitriles is 1. The topological polar surface area (TPSA) is 114 Å². The Bertz CT molecular complexity index is 1130. The van der Waals surface area contributed by atoms with Crippen LogP contribution in [0.25, 0.3) is 0 Å². The summed E-state index contributed by atoms with van der Waals surface area (Å²) in [6.07, 6.45) is 2.56. The van der Waals surface area contributed by atoms with Gasteiger partial charge in [-0.05, 0) is 49.8 Å². The van der Waals surface area contributed by atoms with Crippen molar-refractivity contribution in [2.24, 2.45) is 11.8 Å². The van der Waals surface area contributed by atoms with Crippen LogP contribution in [0.4, 0.5) is 8.78 Å². The summed E-state index contributed by atoms with van der Waals surface area (Å²) in [4.78, 5) is 28.1. The minimum atomic E-state index is -3.74. The molecule has 0 bridgehead atoms. The van der Waals surface area contributed by atoms with Crippen LogP contribution in [-0.2, 0) is 19.8 Å². The quantitative estimate of drug-likeness (QED) is 0.587. The molecule has 0 aromatic heterocycles. The van der Waals surface area contributed by atoms with Crippen LogP contribution in [0.2, 0.25) is 0 Å². The van der Waals surface area contributed by atoms with Crippen molar-refractivity contribution in [3.05, 3.63) is 35.4 Å².